The highest BCUT2D eigenvalue weighted by molar-refractivity contribution is 6.33. The number of carbonyl (C=O) groups is 2. The smallest absolute Gasteiger partial charge is 0.256 e. The number of hydrogen-bond acceptors (Lipinski definition) is 6. The number of carbonyl (C=O) groups excluding carboxylic acids is 2. The van der Waals surface area contributed by atoms with Crippen molar-refractivity contribution in [2.75, 3.05) is 18.5 Å². The third kappa shape index (κ3) is 5.37. The van der Waals surface area contributed by atoms with E-state index in [1.54, 1.807) is 11.1 Å². The van der Waals surface area contributed by atoms with Gasteiger partial charge in [-0.25, -0.2) is 9.97 Å². The predicted octanol–water partition coefficient (Wildman–Crippen LogP) is 4.75. The second kappa shape index (κ2) is 10.7. The van der Waals surface area contributed by atoms with E-state index in [0.717, 1.165) is 35.1 Å². The third-order valence-electron chi connectivity index (χ3n) is 7.32. The first kappa shape index (κ1) is 26.1. The van der Waals surface area contributed by atoms with Gasteiger partial charge in [0.15, 0.2) is 0 Å². The van der Waals surface area contributed by atoms with Crippen molar-refractivity contribution in [2.45, 2.75) is 58.3 Å². The largest absolute Gasteiger partial charge is 0.381 e. The number of halogens is 1. The molecule has 5 rings (SSSR count). The number of aryl methyl sites for hydroxylation is 1. The van der Waals surface area contributed by atoms with Gasteiger partial charge < -0.3 is 20.3 Å². The quantitative estimate of drug-likeness (QED) is 0.455. The summed E-state index contributed by atoms with van der Waals surface area (Å²) in [4.78, 5) is 36.8. The number of nitrogens with one attached hydrogen (secondary N) is 2. The molecule has 3 heterocycles. The Hall–Kier alpha value is -3.49. The van der Waals surface area contributed by atoms with Crippen LogP contribution in [0.5, 0.6) is 0 Å². The maximum Gasteiger partial charge on any atom is 0.256 e. The first-order valence-corrected chi connectivity index (χ1v) is 13.3. The number of nitrogens with zero attached hydrogens (tertiary/aromatic N) is 3. The molecule has 0 radical (unpaired) electrons. The monoisotopic (exact) mass is 533 g/mol. The van der Waals surface area contributed by atoms with Gasteiger partial charge in [0, 0.05) is 50.3 Å². The van der Waals surface area contributed by atoms with E-state index in [1.165, 1.54) is 6.92 Å². The summed E-state index contributed by atoms with van der Waals surface area (Å²) < 4.78 is 5.43. The van der Waals surface area contributed by atoms with Crippen LogP contribution in [0.25, 0.3) is 11.3 Å². The first-order chi connectivity index (χ1) is 18.2. The molecule has 198 valence electrons. The van der Waals surface area contributed by atoms with Crippen LogP contribution in [0.15, 0.2) is 48.7 Å². The SMILES string of the molecule is CC(=O)NC(C)(Cc1ccccc1C)N1Cc2ccc(-c3nc(NC4CCOCC4)ncc3Cl)cc2C1=O. The van der Waals surface area contributed by atoms with E-state index in [2.05, 4.69) is 20.6 Å². The molecule has 8 nitrogen and oxygen atoms in total. The summed E-state index contributed by atoms with van der Waals surface area (Å²) in [7, 11) is 0. The molecular formula is C29H32ClN5O3. The van der Waals surface area contributed by atoms with Crippen molar-refractivity contribution in [3.05, 3.63) is 75.9 Å². The highest BCUT2D eigenvalue weighted by atomic mass is 35.5. The highest BCUT2D eigenvalue weighted by Crippen LogP contribution is 2.35. The second-order valence-corrected chi connectivity index (χ2v) is 10.6. The van der Waals surface area contributed by atoms with E-state index in [1.807, 2.05) is 56.3 Å². The van der Waals surface area contributed by atoms with Crippen molar-refractivity contribution in [3.63, 3.8) is 0 Å². The number of ether oxygens (including phenoxy) is 1. The standard InChI is InChI=1S/C29H32ClN5O3/c1-18-6-4-5-7-21(18)15-29(3,34-19(2)36)35-17-22-9-8-20(14-24(22)27(35)37)26-25(30)16-31-28(33-26)32-23-10-12-38-13-11-23/h4-9,14,16,23H,10-13,15,17H2,1-3H3,(H,34,36)(H,31,32,33). The van der Waals surface area contributed by atoms with Crippen molar-refractivity contribution < 1.29 is 14.3 Å². The first-order valence-electron chi connectivity index (χ1n) is 12.9. The summed E-state index contributed by atoms with van der Waals surface area (Å²) >= 11 is 6.51. The Kier molecular flexibility index (Phi) is 7.36. The molecule has 0 spiro atoms. The van der Waals surface area contributed by atoms with Crippen LogP contribution in [0.4, 0.5) is 5.95 Å². The number of benzene rings is 2. The van der Waals surface area contributed by atoms with E-state index < -0.39 is 5.66 Å². The van der Waals surface area contributed by atoms with Gasteiger partial charge in [-0.15, -0.1) is 0 Å². The number of anilines is 1. The van der Waals surface area contributed by atoms with Gasteiger partial charge in [0.1, 0.15) is 5.66 Å². The molecule has 2 N–H and O–H groups in total. The second-order valence-electron chi connectivity index (χ2n) is 10.2. The van der Waals surface area contributed by atoms with Crippen LogP contribution in [-0.4, -0.2) is 51.6 Å². The zero-order valence-electron chi connectivity index (χ0n) is 21.9. The topological polar surface area (TPSA) is 96.5 Å². The summed E-state index contributed by atoms with van der Waals surface area (Å²) in [6.45, 7) is 7.23. The average Bonchev–Trinajstić information content (AvgIpc) is 3.23. The van der Waals surface area contributed by atoms with Gasteiger partial charge in [-0.05, 0) is 49.4 Å². The summed E-state index contributed by atoms with van der Waals surface area (Å²) in [5.41, 5.74) is 4.06. The predicted molar refractivity (Wildman–Crippen MR) is 147 cm³/mol. The van der Waals surface area contributed by atoms with Crippen molar-refractivity contribution in [1.29, 1.82) is 0 Å². The number of fused-ring (bicyclic) bond motifs is 1. The fourth-order valence-corrected chi connectivity index (χ4v) is 5.48. The molecule has 9 heteroatoms. The Morgan fingerprint density at radius 3 is 2.71 bits per heavy atom. The molecule has 0 bridgehead atoms. The van der Waals surface area contributed by atoms with Gasteiger partial charge in [-0.3, -0.25) is 9.59 Å². The molecule has 38 heavy (non-hydrogen) atoms. The Morgan fingerprint density at radius 2 is 1.97 bits per heavy atom. The van der Waals surface area contributed by atoms with Gasteiger partial charge in [0.25, 0.3) is 5.91 Å². The zero-order valence-corrected chi connectivity index (χ0v) is 22.6. The minimum absolute atomic E-state index is 0.141. The van der Waals surface area contributed by atoms with E-state index >= 15 is 0 Å². The molecule has 1 atom stereocenters. The number of aromatic nitrogens is 2. The van der Waals surface area contributed by atoms with Crippen LogP contribution in [0, 0.1) is 6.92 Å². The van der Waals surface area contributed by atoms with Crippen molar-refractivity contribution in [1.82, 2.24) is 20.2 Å². The highest BCUT2D eigenvalue weighted by Gasteiger charge is 2.41. The molecule has 3 aromatic rings. The maximum atomic E-state index is 13.8. The van der Waals surface area contributed by atoms with Crippen molar-refractivity contribution in [3.8, 4) is 11.3 Å². The molecule has 2 aliphatic rings. The van der Waals surface area contributed by atoms with E-state index in [0.29, 0.717) is 48.4 Å². The van der Waals surface area contributed by atoms with E-state index in [9.17, 15) is 9.59 Å². The fraction of sp³-hybridized carbons (Fsp3) is 0.379. The van der Waals surface area contributed by atoms with Gasteiger partial charge in [-0.1, -0.05) is 48.0 Å². The lowest BCUT2D eigenvalue weighted by molar-refractivity contribution is -0.122. The molecule has 0 saturated carbocycles. The van der Waals surface area contributed by atoms with Crippen molar-refractivity contribution >= 4 is 29.4 Å². The summed E-state index contributed by atoms with van der Waals surface area (Å²) in [5, 5.41) is 6.83. The lowest BCUT2D eigenvalue weighted by Gasteiger charge is -2.40. The molecule has 1 unspecified atom stereocenters. The Bertz CT molecular complexity index is 1370. The van der Waals surface area contributed by atoms with Crippen LogP contribution in [-0.2, 0) is 22.5 Å². The zero-order chi connectivity index (χ0) is 26.9. The molecule has 1 aromatic heterocycles. The van der Waals surface area contributed by atoms with Crippen LogP contribution < -0.4 is 10.6 Å². The number of rotatable bonds is 7. The molecule has 2 aliphatic heterocycles. The van der Waals surface area contributed by atoms with E-state index in [4.69, 9.17) is 16.3 Å². The number of amides is 2. The molecule has 1 saturated heterocycles. The maximum absolute atomic E-state index is 13.8. The van der Waals surface area contributed by atoms with Gasteiger partial charge in [-0.2, -0.15) is 0 Å². The molecule has 0 aliphatic carbocycles. The van der Waals surface area contributed by atoms with Gasteiger partial charge in [0.05, 0.1) is 16.9 Å². The molecule has 2 amide bonds. The number of hydrogen-bond donors (Lipinski definition) is 2. The lowest BCUT2D eigenvalue weighted by atomic mass is 9.96. The molecular weight excluding hydrogens is 502 g/mol. The minimum atomic E-state index is -0.901. The fourth-order valence-electron chi connectivity index (χ4n) is 5.28. The lowest BCUT2D eigenvalue weighted by Crippen LogP contribution is -2.59. The average molecular weight is 534 g/mol. The summed E-state index contributed by atoms with van der Waals surface area (Å²) in [6.07, 6.45) is 3.86. The summed E-state index contributed by atoms with van der Waals surface area (Å²) in [5.74, 6) is 0.168. The normalized spacial score (nSPS) is 17.2. The Morgan fingerprint density at radius 1 is 1.21 bits per heavy atom. The van der Waals surface area contributed by atoms with E-state index in [-0.39, 0.29) is 17.9 Å². The molecule has 2 aromatic carbocycles. The van der Waals surface area contributed by atoms with Crippen molar-refractivity contribution in [2.24, 2.45) is 0 Å². The minimum Gasteiger partial charge on any atom is -0.381 e. The Balaban J connectivity index is 1.43. The third-order valence-corrected chi connectivity index (χ3v) is 7.60. The van der Waals surface area contributed by atoms with Crippen LogP contribution in [0.1, 0.15) is 53.7 Å². The Labute approximate surface area is 227 Å². The van der Waals surface area contributed by atoms with Crippen LogP contribution in [0.2, 0.25) is 5.02 Å². The van der Waals surface area contributed by atoms with Gasteiger partial charge >= 0.3 is 0 Å². The van der Waals surface area contributed by atoms with Crippen LogP contribution in [0.3, 0.4) is 0 Å². The molecule has 1 fully saturated rings. The summed E-state index contributed by atoms with van der Waals surface area (Å²) in [6, 6.07) is 14.0. The van der Waals surface area contributed by atoms with Gasteiger partial charge in [0.2, 0.25) is 11.9 Å². The van der Waals surface area contributed by atoms with Crippen LogP contribution >= 0.6 is 11.6 Å².